The molecule has 8 atom stereocenters. The maximum Gasteiger partial charge on any atom is 0.306 e. The first-order valence-electron chi connectivity index (χ1n) is 34.5. The number of unbranched alkanes of at least 4 members (excludes halogenated alkanes) is 30. The molecule has 1 heterocycles. The van der Waals surface area contributed by atoms with E-state index in [2.05, 4.69) is 111 Å². The highest BCUT2D eigenvalue weighted by Crippen LogP contribution is 2.26. The van der Waals surface area contributed by atoms with Gasteiger partial charge in [-0.15, -0.1) is 0 Å². The number of carbonyl (C=O) groups is 2. The number of hydrogen-bond donors (Lipinski definition) is 6. The molecule has 0 bridgehead atoms. The lowest BCUT2D eigenvalue weighted by molar-refractivity contribution is -0.305. The summed E-state index contributed by atoms with van der Waals surface area (Å²) in [6.07, 6.45) is 70.1. The van der Waals surface area contributed by atoms with Crippen LogP contribution in [0.5, 0.6) is 0 Å². The quantitative estimate of drug-likeness (QED) is 0.0195. The second kappa shape index (κ2) is 59.9. The number of rotatable bonds is 58. The number of nitrogens with one attached hydrogen (secondary N) is 1. The van der Waals surface area contributed by atoms with Gasteiger partial charge in [-0.05, 0) is 103 Å². The second-order valence-corrected chi connectivity index (χ2v) is 23.5. The van der Waals surface area contributed by atoms with Gasteiger partial charge in [0, 0.05) is 6.42 Å². The van der Waals surface area contributed by atoms with Gasteiger partial charge in [0.1, 0.15) is 24.4 Å². The molecule has 0 spiro atoms. The fraction of sp³-hybridized carbons (Fsp3) is 0.753. The maximum absolute atomic E-state index is 13.5. The summed E-state index contributed by atoms with van der Waals surface area (Å²) in [7, 11) is 0. The average molecular weight is 1180 g/mol. The fourth-order valence-corrected chi connectivity index (χ4v) is 10.3. The van der Waals surface area contributed by atoms with E-state index in [1.54, 1.807) is 6.08 Å². The number of allylic oxidation sites excluding steroid dienone is 15. The number of aliphatic hydroxyl groups is 5. The summed E-state index contributed by atoms with van der Waals surface area (Å²) in [6, 6.07) is -1.04. The first kappa shape index (κ1) is 78.6. The molecule has 8 unspecified atom stereocenters. The SMILES string of the molecule is CC/C=C\C/C=C\C/C=C\C/C=C\C/C=C\C/C=C\CCCCCCCC(O)C(=O)NC(COC1OC(CO)C(O)C(O)C1OC(=O)CCCCCCCCCCC/C=C/CCCCCCCC)C(O)/C=C/CCCCCCCCCCCC. The van der Waals surface area contributed by atoms with E-state index in [-0.39, 0.29) is 19.4 Å². The fourth-order valence-electron chi connectivity index (χ4n) is 10.3. The van der Waals surface area contributed by atoms with Crippen molar-refractivity contribution in [1.82, 2.24) is 5.32 Å². The number of hydrogen-bond acceptors (Lipinski definition) is 10. The van der Waals surface area contributed by atoms with Crippen LogP contribution in [-0.2, 0) is 23.8 Å². The summed E-state index contributed by atoms with van der Waals surface area (Å²) >= 11 is 0. The number of carbonyl (C=O) groups excluding carboxylic acids is 2. The monoisotopic (exact) mass is 1180 g/mol. The molecule has 1 fully saturated rings. The summed E-state index contributed by atoms with van der Waals surface area (Å²) in [4.78, 5) is 26.6. The van der Waals surface area contributed by atoms with Crippen molar-refractivity contribution in [1.29, 1.82) is 0 Å². The average Bonchev–Trinajstić information content (AvgIpc) is 3.54. The lowest BCUT2D eigenvalue weighted by Gasteiger charge is -2.41. The van der Waals surface area contributed by atoms with E-state index >= 15 is 0 Å². The zero-order valence-electron chi connectivity index (χ0n) is 53.7. The summed E-state index contributed by atoms with van der Waals surface area (Å²) in [5, 5.41) is 57.2. The van der Waals surface area contributed by atoms with Crippen LogP contribution in [-0.4, -0.2) is 99.6 Å². The lowest BCUT2D eigenvalue weighted by atomic mass is 9.99. The minimum Gasteiger partial charge on any atom is -0.454 e. The van der Waals surface area contributed by atoms with Gasteiger partial charge < -0.3 is 45.1 Å². The standard InChI is InChI=1S/C73H127NO10/c1-4-7-10-13-16-19-22-25-27-29-31-32-33-34-35-37-38-40-42-45-48-51-54-57-60-66(77)72(81)74-64(65(76)59-56-53-50-47-44-24-21-18-15-12-9-6-3)63-82-73-71(70(80)69(79)67(62-75)83-73)84-68(78)61-58-55-52-49-46-43-41-39-36-30-28-26-23-20-17-14-11-8-5-2/h7,10,16,19,25-28,31-32,34-35,38,40,56,59,64-67,69-71,73,75-77,79-80H,4-6,8-9,11-15,17-18,20-24,29-30,33,36-37,39,41-55,57-58,60-63H2,1-3H3,(H,74,81)/b10-7-,19-16-,27-25-,28-26+,32-31-,35-34-,40-38-,59-56+. The molecule has 1 aliphatic rings. The van der Waals surface area contributed by atoms with Gasteiger partial charge in [0.15, 0.2) is 12.4 Å². The molecular formula is C73H127NO10. The molecule has 84 heavy (non-hydrogen) atoms. The molecule has 0 aromatic rings. The molecule has 6 N–H and O–H groups in total. The minimum absolute atomic E-state index is 0.116. The van der Waals surface area contributed by atoms with Gasteiger partial charge in [0.2, 0.25) is 5.91 Å². The predicted octanol–water partition coefficient (Wildman–Crippen LogP) is 17.5. The van der Waals surface area contributed by atoms with Crippen molar-refractivity contribution < 1.29 is 49.3 Å². The molecule has 0 saturated carbocycles. The highest BCUT2D eigenvalue weighted by Gasteiger charge is 2.47. The van der Waals surface area contributed by atoms with Crippen LogP contribution in [0.15, 0.2) is 97.2 Å². The van der Waals surface area contributed by atoms with Crippen LogP contribution in [0.2, 0.25) is 0 Å². The third-order valence-electron chi connectivity index (χ3n) is 15.7. The Labute approximate surface area is 514 Å². The van der Waals surface area contributed by atoms with Crippen LogP contribution >= 0.6 is 0 Å². The summed E-state index contributed by atoms with van der Waals surface area (Å²) in [5.41, 5.74) is 0. The third kappa shape index (κ3) is 46.8. The Morgan fingerprint density at radius 3 is 1.30 bits per heavy atom. The van der Waals surface area contributed by atoms with Gasteiger partial charge in [-0.1, -0.05) is 279 Å². The maximum atomic E-state index is 13.5. The molecule has 0 aromatic heterocycles. The van der Waals surface area contributed by atoms with E-state index in [4.69, 9.17) is 14.2 Å². The molecule has 0 aliphatic carbocycles. The Hall–Kier alpha value is -3.42. The molecule has 0 aromatic carbocycles. The highest BCUT2D eigenvalue weighted by atomic mass is 16.7. The Morgan fingerprint density at radius 2 is 0.857 bits per heavy atom. The normalized spacial score (nSPS) is 19.1. The first-order chi connectivity index (χ1) is 41.2. The largest absolute Gasteiger partial charge is 0.454 e. The zero-order valence-corrected chi connectivity index (χ0v) is 53.7. The van der Waals surface area contributed by atoms with Gasteiger partial charge in [0.05, 0.1) is 25.4 Å². The van der Waals surface area contributed by atoms with E-state index in [1.165, 1.54) is 135 Å². The Bertz CT molecular complexity index is 1740. The van der Waals surface area contributed by atoms with Crippen molar-refractivity contribution in [3.05, 3.63) is 97.2 Å². The number of aliphatic hydroxyl groups excluding tert-OH is 5. The number of amides is 1. The van der Waals surface area contributed by atoms with Crippen molar-refractivity contribution in [3.63, 3.8) is 0 Å². The molecule has 1 aliphatic heterocycles. The molecule has 1 amide bonds. The summed E-state index contributed by atoms with van der Waals surface area (Å²) < 4.78 is 17.7. The van der Waals surface area contributed by atoms with Crippen molar-refractivity contribution in [2.24, 2.45) is 0 Å². The van der Waals surface area contributed by atoms with Crippen molar-refractivity contribution >= 4 is 11.9 Å². The van der Waals surface area contributed by atoms with Gasteiger partial charge in [-0.25, -0.2) is 0 Å². The number of ether oxygens (including phenoxy) is 3. The van der Waals surface area contributed by atoms with Crippen LogP contribution in [0.25, 0.3) is 0 Å². The molecule has 1 saturated heterocycles. The molecule has 11 nitrogen and oxygen atoms in total. The second-order valence-electron chi connectivity index (χ2n) is 23.5. The molecule has 0 radical (unpaired) electrons. The Kier molecular flexibility index (Phi) is 56.0. The van der Waals surface area contributed by atoms with Gasteiger partial charge in [-0.2, -0.15) is 0 Å². The lowest BCUT2D eigenvalue weighted by Crippen LogP contribution is -2.61. The van der Waals surface area contributed by atoms with Crippen LogP contribution in [0.1, 0.15) is 290 Å². The van der Waals surface area contributed by atoms with Gasteiger partial charge in [0.25, 0.3) is 0 Å². The predicted molar refractivity (Wildman–Crippen MR) is 352 cm³/mol. The first-order valence-corrected chi connectivity index (χ1v) is 34.5. The molecule has 484 valence electrons. The van der Waals surface area contributed by atoms with Crippen molar-refractivity contribution in [2.75, 3.05) is 13.2 Å². The van der Waals surface area contributed by atoms with Crippen LogP contribution in [0, 0.1) is 0 Å². The van der Waals surface area contributed by atoms with E-state index < -0.39 is 67.4 Å². The summed E-state index contributed by atoms with van der Waals surface area (Å²) in [6.45, 7) is 5.68. The van der Waals surface area contributed by atoms with Crippen LogP contribution < -0.4 is 5.32 Å². The van der Waals surface area contributed by atoms with Gasteiger partial charge in [-0.3, -0.25) is 9.59 Å². The Balaban J connectivity index is 2.63. The van der Waals surface area contributed by atoms with Crippen molar-refractivity contribution in [3.8, 4) is 0 Å². The van der Waals surface area contributed by atoms with Crippen LogP contribution in [0.3, 0.4) is 0 Å². The Morgan fingerprint density at radius 1 is 0.476 bits per heavy atom. The van der Waals surface area contributed by atoms with Gasteiger partial charge >= 0.3 is 5.97 Å². The molecule has 11 heteroatoms. The van der Waals surface area contributed by atoms with E-state index in [0.29, 0.717) is 12.8 Å². The molecular weight excluding hydrogens is 1050 g/mol. The minimum atomic E-state index is -1.62. The number of esters is 1. The molecule has 1 rings (SSSR count). The smallest absolute Gasteiger partial charge is 0.306 e. The van der Waals surface area contributed by atoms with E-state index in [9.17, 15) is 35.1 Å². The summed E-state index contributed by atoms with van der Waals surface area (Å²) in [5.74, 6) is -1.21. The van der Waals surface area contributed by atoms with E-state index in [1.807, 2.05) is 6.08 Å². The van der Waals surface area contributed by atoms with Crippen LogP contribution in [0.4, 0.5) is 0 Å². The highest BCUT2D eigenvalue weighted by molar-refractivity contribution is 5.80. The van der Waals surface area contributed by atoms with E-state index in [0.717, 1.165) is 109 Å². The topological polar surface area (TPSA) is 175 Å². The zero-order chi connectivity index (χ0) is 61.0. The van der Waals surface area contributed by atoms with Crippen molar-refractivity contribution in [2.45, 2.75) is 339 Å². The third-order valence-corrected chi connectivity index (χ3v) is 15.7.